The zero-order valence-electron chi connectivity index (χ0n) is 11.6. The molecular weight excluding hydrogens is 242 g/mol. The third-order valence-corrected chi connectivity index (χ3v) is 3.47. The number of nitrogens with two attached hydrogens (primary N) is 1. The molecule has 4 heteroatoms. The summed E-state index contributed by atoms with van der Waals surface area (Å²) in [6, 6.07) is 4.39. The van der Waals surface area contributed by atoms with Crippen molar-refractivity contribution in [3.05, 3.63) is 28.8 Å². The Hall–Kier alpha value is -1.55. The van der Waals surface area contributed by atoms with E-state index >= 15 is 0 Å². The molecule has 0 radical (unpaired) electrons. The average molecular weight is 263 g/mol. The van der Waals surface area contributed by atoms with Crippen LogP contribution in [0, 0.1) is 0 Å². The van der Waals surface area contributed by atoms with Crippen LogP contribution < -0.4 is 10.5 Å². The van der Waals surface area contributed by atoms with Crippen molar-refractivity contribution in [3.63, 3.8) is 0 Å². The van der Waals surface area contributed by atoms with Gasteiger partial charge in [0.25, 0.3) is 0 Å². The van der Waals surface area contributed by atoms with Crippen molar-refractivity contribution in [2.24, 2.45) is 5.73 Å². The third kappa shape index (κ3) is 3.26. The Kier molecular flexibility index (Phi) is 4.43. The highest BCUT2D eigenvalue weighted by molar-refractivity contribution is 5.70. The number of ether oxygens (including phenoxy) is 2. The number of hydrogen-bond acceptors (Lipinski definition) is 4. The molecule has 0 saturated carbocycles. The van der Waals surface area contributed by atoms with Crippen molar-refractivity contribution < 1.29 is 14.3 Å². The summed E-state index contributed by atoms with van der Waals surface area (Å²) < 4.78 is 10.4. The average Bonchev–Trinajstić information content (AvgIpc) is 2.74. The van der Waals surface area contributed by atoms with E-state index in [1.54, 1.807) is 7.11 Å². The highest BCUT2D eigenvalue weighted by atomic mass is 16.5. The SMILES string of the molecule is CCOC(=O)CCc1cc2c(cc1OC)CC(N)C2. The van der Waals surface area contributed by atoms with E-state index in [0.29, 0.717) is 19.4 Å². The summed E-state index contributed by atoms with van der Waals surface area (Å²) in [6.07, 6.45) is 2.84. The van der Waals surface area contributed by atoms with Crippen molar-refractivity contribution in [2.75, 3.05) is 13.7 Å². The molecule has 0 amide bonds. The lowest BCUT2D eigenvalue weighted by atomic mass is 10.0. The van der Waals surface area contributed by atoms with Crippen LogP contribution in [-0.4, -0.2) is 25.7 Å². The molecule has 1 aliphatic carbocycles. The zero-order valence-corrected chi connectivity index (χ0v) is 11.6. The minimum Gasteiger partial charge on any atom is -0.496 e. The number of carbonyl (C=O) groups excluding carboxylic acids is 1. The molecular formula is C15H21NO3. The fourth-order valence-electron chi connectivity index (χ4n) is 2.59. The Morgan fingerprint density at radius 3 is 2.68 bits per heavy atom. The maximum absolute atomic E-state index is 11.4. The largest absolute Gasteiger partial charge is 0.496 e. The first-order valence-electron chi connectivity index (χ1n) is 6.74. The fourth-order valence-corrected chi connectivity index (χ4v) is 2.59. The van der Waals surface area contributed by atoms with Gasteiger partial charge in [-0.05, 0) is 48.9 Å². The second-order valence-electron chi connectivity index (χ2n) is 4.91. The van der Waals surface area contributed by atoms with Crippen molar-refractivity contribution in [2.45, 2.75) is 38.6 Å². The predicted molar refractivity (Wildman–Crippen MR) is 73.3 cm³/mol. The summed E-state index contributed by atoms with van der Waals surface area (Å²) in [5, 5.41) is 0. The summed E-state index contributed by atoms with van der Waals surface area (Å²) in [4.78, 5) is 11.4. The first-order valence-corrected chi connectivity index (χ1v) is 6.74. The second-order valence-corrected chi connectivity index (χ2v) is 4.91. The predicted octanol–water partition coefficient (Wildman–Crippen LogP) is 1.62. The molecule has 1 aromatic carbocycles. The number of methoxy groups -OCH3 is 1. The number of aryl methyl sites for hydroxylation is 1. The summed E-state index contributed by atoms with van der Waals surface area (Å²) in [5.41, 5.74) is 9.58. The van der Waals surface area contributed by atoms with Crippen molar-refractivity contribution in [3.8, 4) is 5.75 Å². The molecule has 1 unspecified atom stereocenters. The number of carbonyl (C=O) groups is 1. The van der Waals surface area contributed by atoms with Gasteiger partial charge in [-0.25, -0.2) is 0 Å². The molecule has 2 N–H and O–H groups in total. The first kappa shape index (κ1) is 13.9. The van der Waals surface area contributed by atoms with Crippen molar-refractivity contribution >= 4 is 5.97 Å². The molecule has 0 saturated heterocycles. The summed E-state index contributed by atoms with van der Waals surface area (Å²) in [5.74, 6) is 0.680. The Morgan fingerprint density at radius 2 is 2.05 bits per heavy atom. The topological polar surface area (TPSA) is 61.5 Å². The van der Waals surface area contributed by atoms with Gasteiger partial charge < -0.3 is 15.2 Å². The van der Waals surface area contributed by atoms with E-state index in [9.17, 15) is 4.79 Å². The van der Waals surface area contributed by atoms with Gasteiger partial charge in [0, 0.05) is 12.5 Å². The lowest BCUT2D eigenvalue weighted by molar-refractivity contribution is -0.143. The highest BCUT2D eigenvalue weighted by Crippen LogP contribution is 2.30. The van der Waals surface area contributed by atoms with E-state index in [1.807, 2.05) is 6.92 Å². The molecule has 1 aliphatic rings. The number of esters is 1. The lowest BCUT2D eigenvalue weighted by Crippen LogP contribution is -2.18. The zero-order chi connectivity index (χ0) is 13.8. The molecule has 0 bridgehead atoms. The molecule has 0 spiro atoms. The van der Waals surface area contributed by atoms with Gasteiger partial charge in [0.2, 0.25) is 0 Å². The monoisotopic (exact) mass is 263 g/mol. The second kappa shape index (κ2) is 6.06. The molecule has 0 aromatic heterocycles. The van der Waals surface area contributed by atoms with Gasteiger partial charge in [-0.15, -0.1) is 0 Å². The van der Waals surface area contributed by atoms with E-state index in [1.165, 1.54) is 11.1 Å². The maximum Gasteiger partial charge on any atom is 0.306 e. The van der Waals surface area contributed by atoms with Crippen LogP contribution in [0.15, 0.2) is 12.1 Å². The molecule has 0 heterocycles. The van der Waals surface area contributed by atoms with E-state index in [0.717, 1.165) is 24.2 Å². The van der Waals surface area contributed by atoms with Crippen molar-refractivity contribution in [1.29, 1.82) is 0 Å². The Labute approximate surface area is 113 Å². The Balaban J connectivity index is 2.12. The van der Waals surface area contributed by atoms with E-state index < -0.39 is 0 Å². The van der Waals surface area contributed by atoms with Crippen LogP contribution in [0.2, 0.25) is 0 Å². The summed E-state index contributed by atoms with van der Waals surface area (Å²) in [7, 11) is 1.66. The molecule has 19 heavy (non-hydrogen) atoms. The fraction of sp³-hybridized carbons (Fsp3) is 0.533. The quantitative estimate of drug-likeness (QED) is 0.820. The third-order valence-electron chi connectivity index (χ3n) is 3.47. The molecule has 4 nitrogen and oxygen atoms in total. The van der Waals surface area contributed by atoms with Crippen molar-refractivity contribution in [1.82, 2.24) is 0 Å². The normalized spacial score (nSPS) is 17.1. The Morgan fingerprint density at radius 1 is 1.37 bits per heavy atom. The minimum absolute atomic E-state index is 0.165. The van der Waals surface area contributed by atoms with Crippen LogP contribution in [0.5, 0.6) is 5.75 Å². The smallest absolute Gasteiger partial charge is 0.306 e. The van der Waals surface area contributed by atoms with Crippen LogP contribution in [0.4, 0.5) is 0 Å². The molecule has 104 valence electrons. The number of benzene rings is 1. The number of hydrogen-bond donors (Lipinski definition) is 1. The van der Waals surface area contributed by atoms with E-state index in [-0.39, 0.29) is 12.0 Å². The van der Waals surface area contributed by atoms with Crippen LogP contribution >= 0.6 is 0 Å². The van der Waals surface area contributed by atoms with Gasteiger partial charge in [-0.1, -0.05) is 6.07 Å². The number of rotatable bonds is 5. The molecule has 1 atom stereocenters. The van der Waals surface area contributed by atoms with Gasteiger partial charge in [-0.2, -0.15) is 0 Å². The Bertz CT molecular complexity index is 471. The van der Waals surface area contributed by atoms with Crippen LogP contribution in [0.3, 0.4) is 0 Å². The first-order chi connectivity index (χ1) is 9.13. The van der Waals surface area contributed by atoms with E-state index in [2.05, 4.69) is 12.1 Å². The van der Waals surface area contributed by atoms with Gasteiger partial charge in [0.05, 0.1) is 13.7 Å². The maximum atomic E-state index is 11.4. The van der Waals surface area contributed by atoms with Crippen LogP contribution in [0.1, 0.15) is 30.0 Å². The van der Waals surface area contributed by atoms with Gasteiger partial charge in [0.1, 0.15) is 5.75 Å². The molecule has 0 aliphatic heterocycles. The van der Waals surface area contributed by atoms with Gasteiger partial charge in [0.15, 0.2) is 0 Å². The number of fused-ring (bicyclic) bond motifs is 1. The lowest BCUT2D eigenvalue weighted by Gasteiger charge is -2.11. The van der Waals surface area contributed by atoms with Crippen LogP contribution in [0.25, 0.3) is 0 Å². The summed E-state index contributed by atoms with van der Waals surface area (Å²) >= 11 is 0. The summed E-state index contributed by atoms with van der Waals surface area (Å²) in [6.45, 7) is 2.24. The van der Waals surface area contributed by atoms with Crippen LogP contribution in [-0.2, 0) is 28.8 Å². The van der Waals surface area contributed by atoms with E-state index in [4.69, 9.17) is 15.2 Å². The molecule has 0 fully saturated rings. The molecule has 1 aromatic rings. The molecule has 2 rings (SSSR count). The standard InChI is InChI=1S/C15H21NO3/c1-3-19-15(17)5-4-10-6-11-7-13(16)8-12(11)9-14(10)18-2/h6,9,13H,3-5,7-8,16H2,1-2H3. The minimum atomic E-state index is -0.165. The van der Waals surface area contributed by atoms with Gasteiger partial charge in [-0.3, -0.25) is 4.79 Å². The van der Waals surface area contributed by atoms with Gasteiger partial charge >= 0.3 is 5.97 Å². The highest BCUT2D eigenvalue weighted by Gasteiger charge is 2.20.